The summed E-state index contributed by atoms with van der Waals surface area (Å²) in [5.74, 6) is -0.193. The van der Waals surface area contributed by atoms with Gasteiger partial charge in [0.2, 0.25) is 0 Å². The van der Waals surface area contributed by atoms with E-state index in [4.69, 9.17) is 30.5 Å². The van der Waals surface area contributed by atoms with Gasteiger partial charge in [0.1, 0.15) is 11.6 Å². The van der Waals surface area contributed by atoms with Crippen molar-refractivity contribution in [1.82, 2.24) is 14.5 Å². The van der Waals surface area contributed by atoms with Crippen LogP contribution in [0.1, 0.15) is 47.1 Å². The third-order valence-electron chi connectivity index (χ3n) is 8.58. The molecule has 2 atom stereocenters. The molecule has 0 aliphatic carbocycles. The summed E-state index contributed by atoms with van der Waals surface area (Å²) in [4.78, 5) is 22.8. The number of esters is 1. The second-order valence-electron chi connectivity index (χ2n) is 11.4. The Kier molecular flexibility index (Phi) is 7.07. The number of aromatic nitrogens is 2. The van der Waals surface area contributed by atoms with Gasteiger partial charge in [0.05, 0.1) is 55.0 Å². The van der Waals surface area contributed by atoms with E-state index in [-0.39, 0.29) is 23.3 Å². The number of fused-ring (bicyclic) bond motifs is 2. The molecule has 1 unspecified atom stereocenters. The smallest absolute Gasteiger partial charge is 0.337 e. The Morgan fingerprint density at radius 1 is 1.20 bits per heavy atom. The zero-order chi connectivity index (χ0) is 30.4. The SMILES string of the molecule is [C-]#[N+]c1ccc(C2(C)Oc3cccc(C4=CCN(Cc5nc6ccc(C(=O)OC)cc6n5C[C@@H]5CCO5)CC4)c3O2)c(F)c1. The molecule has 1 fully saturated rings. The number of rotatable bonds is 7. The monoisotopic (exact) mass is 594 g/mol. The predicted molar refractivity (Wildman–Crippen MR) is 161 cm³/mol. The second-order valence-corrected chi connectivity index (χ2v) is 11.4. The standard InChI is InChI=1S/C34H31FN4O5/c1-34(26-9-8-23(36-2)18-27(26)35)43-30-6-4-5-25(32(30)44-34)21-11-14-38(15-12-21)20-31-37-28-10-7-22(33(40)41-3)17-29(28)39(31)19-24-13-16-42-24/h4-11,17-18,24H,12-16,19-20H2,1,3H3/t24-,34?/m0/s1. The molecule has 3 aliphatic rings. The molecule has 0 saturated carbocycles. The molecule has 0 radical (unpaired) electrons. The molecule has 4 aromatic rings. The minimum absolute atomic E-state index is 0.132. The molecule has 0 amide bonds. The maximum absolute atomic E-state index is 14.9. The molecule has 1 aromatic heterocycles. The minimum Gasteiger partial charge on any atom is -0.465 e. The lowest BCUT2D eigenvalue weighted by Crippen LogP contribution is -2.34. The Hall–Kier alpha value is -4.72. The van der Waals surface area contributed by atoms with Gasteiger partial charge in [-0.1, -0.05) is 30.3 Å². The average molecular weight is 595 g/mol. The van der Waals surface area contributed by atoms with Gasteiger partial charge in [-0.25, -0.2) is 19.0 Å². The summed E-state index contributed by atoms with van der Waals surface area (Å²) >= 11 is 0. The van der Waals surface area contributed by atoms with E-state index in [0.29, 0.717) is 36.7 Å². The molecule has 3 aliphatic heterocycles. The molecular weight excluding hydrogens is 563 g/mol. The van der Waals surface area contributed by atoms with Gasteiger partial charge in [0.25, 0.3) is 5.79 Å². The van der Waals surface area contributed by atoms with Crippen LogP contribution in [0, 0.1) is 12.4 Å². The first-order chi connectivity index (χ1) is 21.3. The molecule has 0 spiro atoms. The highest BCUT2D eigenvalue weighted by molar-refractivity contribution is 5.93. The van der Waals surface area contributed by atoms with Crippen LogP contribution in [0.25, 0.3) is 21.5 Å². The Bertz CT molecular complexity index is 1860. The number of hydrogen-bond acceptors (Lipinski definition) is 7. The van der Waals surface area contributed by atoms with Crippen LogP contribution >= 0.6 is 0 Å². The molecular formula is C34H31FN4O5. The number of carbonyl (C=O) groups excluding carboxylic acids is 1. The molecule has 44 heavy (non-hydrogen) atoms. The van der Waals surface area contributed by atoms with Gasteiger partial charge in [0.15, 0.2) is 17.2 Å². The molecule has 0 bridgehead atoms. The zero-order valence-corrected chi connectivity index (χ0v) is 24.5. The Labute approximate surface area is 254 Å². The first kappa shape index (κ1) is 28.1. The van der Waals surface area contributed by atoms with Crippen LogP contribution in [0.5, 0.6) is 11.5 Å². The largest absolute Gasteiger partial charge is 0.465 e. The zero-order valence-electron chi connectivity index (χ0n) is 24.5. The van der Waals surface area contributed by atoms with Crippen LogP contribution in [-0.4, -0.2) is 53.3 Å². The van der Waals surface area contributed by atoms with E-state index in [0.717, 1.165) is 54.0 Å². The topological polar surface area (TPSA) is 79.4 Å². The van der Waals surface area contributed by atoms with E-state index >= 15 is 0 Å². The van der Waals surface area contributed by atoms with Crippen molar-refractivity contribution in [3.05, 3.63) is 100 Å². The number of hydrogen-bond donors (Lipinski definition) is 0. The Morgan fingerprint density at radius 2 is 2.07 bits per heavy atom. The van der Waals surface area contributed by atoms with Gasteiger partial charge < -0.3 is 23.5 Å². The summed E-state index contributed by atoms with van der Waals surface area (Å²) in [6, 6.07) is 15.5. The van der Waals surface area contributed by atoms with Crippen molar-refractivity contribution in [2.24, 2.45) is 0 Å². The van der Waals surface area contributed by atoms with E-state index in [1.807, 2.05) is 30.3 Å². The fraction of sp³-hybridized carbons (Fsp3) is 0.324. The third kappa shape index (κ3) is 4.98. The fourth-order valence-electron chi connectivity index (χ4n) is 6.11. The van der Waals surface area contributed by atoms with E-state index < -0.39 is 11.6 Å². The van der Waals surface area contributed by atoms with Gasteiger partial charge in [-0.2, -0.15) is 0 Å². The van der Waals surface area contributed by atoms with Crippen molar-refractivity contribution < 1.29 is 28.1 Å². The third-order valence-corrected chi connectivity index (χ3v) is 8.58. The normalized spacial score (nSPS) is 21.0. The van der Waals surface area contributed by atoms with Crippen molar-refractivity contribution >= 4 is 28.3 Å². The van der Waals surface area contributed by atoms with Gasteiger partial charge >= 0.3 is 5.97 Å². The molecule has 0 N–H and O–H groups in total. The van der Waals surface area contributed by atoms with Crippen LogP contribution in [0.4, 0.5) is 10.1 Å². The Morgan fingerprint density at radius 3 is 2.77 bits per heavy atom. The predicted octanol–water partition coefficient (Wildman–Crippen LogP) is 6.24. The van der Waals surface area contributed by atoms with Gasteiger partial charge in [-0.15, -0.1) is 0 Å². The van der Waals surface area contributed by atoms with Gasteiger partial charge in [0, 0.05) is 32.2 Å². The first-order valence-corrected chi connectivity index (χ1v) is 14.6. The van der Waals surface area contributed by atoms with Crippen LogP contribution in [-0.2, 0) is 28.4 Å². The average Bonchev–Trinajstić information content (AvgIpc) is 3.54. The summed E-state index contributed by atoms with van der Waals surface area (Å²) in [5, 5.41) is 0. The second kappa shape index (κ2) is 11.1. The quantitative estimate of drug-likeness (QED) is 0.185. The highest BCUT2D eigenvalue weighted by atomic mass is 19.1. The lowest BCUT2D eigenvalue weighted by atomic mass is 9.98. The number of para-hydroxylation sites is 1. The van der Waals surface area contributed by atoms with Gasteiger partial charge in [-0.05, 0) is 48.7 Å². The number of halogens is 1. The Balaban J connectivity index is 1.12. The van der Waals surface area contributed by atoms with Crippen molar-refractivity contribution in [3.63, 3.8) is 0 Å². The van der Waals surface area contributed by atoms with Crippen LogP contribution in [0.15, 0.2) is 60.7 Å². The van der Waals surface area contributed by atoms with Crippen LogP contribution in [0.3, 0.4) is 0 Å². The van der Waals surface area contributed by atoms with Crippen molar-refractivity contribution in [2.45, 2.75) is 44.7 Å². The molecule has 10 heteroatoms. The van der Waals surface area contributed by atoms with Crippen molar-refractivity contribution in [2.75, 3.05) is 26.8 Å². The number of nitrogens with zero attached hydrogens (tertiary/aromatic N) is 4. The number of benzene rings is 3. The van der Waals surface area contributed by atoms with Gasteiger partial charge in [-0.3, -0.25) is 4.90 Å². The molecule has 7 rings (SSSR count). The summed E-state index contributed by atoms with van der Waals surface area (Å²) < 4.78 is 40.3. The van der Waals surface area contributed by atoms with E-state index in [9.17, 15) is 9.18 Å². The van der Waals surface area contributed by atoms with E-state index in [2.05, 4.69) is 20.4 Å². The molecule has 1 saturated heterocycles. The molecule has 4 heterocycles. The number of ether oxygens (including phenoxy) is 4. The maximum Gasteiger partial charge on any atom is 0.337 e. The highest BCUT2D eigenvalue weighted by Gasteiger charge is 2.42. The maximum atomic E-state index is 14.9. The van der Waals surface area contributed by atoms with E-state index in [1.165, 1.54) is 13.2 Å². The summed E-state index contributed by atoms with van der Waals surface area (Å²) in [6.07, 6.45) is 4.11. The summed E-state index contributed by atoms with van der Waals surface area (Å²) in [7, 11) is 1.38. The van der Waals surface area contributed by atoms with Crippen LogP contribution < -0.4 is 9.47 Å². The first-order valence-electron chi connectivity index (χ1n) is 14.6. The number of carbonyl (C=O) groups is 1. The number of imidazole rings is 1. The lowest BCUT2D eigenvalue weighted by Gasteiger charge is -2.29. The molecule has 224 valence electrons. The van der Waals surface area contributed by atoms with Crippen molar-refractivity contribution in [3.8, 4) is 11.5 Å². The molecule has 3 aromatic carbocycles. The van der Waals surface area contributed by atoms with Crippen molar-refractivity contribution in [1.29, 1.82) is 0 Å². The lowest BCUT2D eigenvalue weighted by molar-refractivity contribution is -0.0708. The fourth-order valence-corrected chi connectivity index (χ4v) is 6.11. The summed E-state index contributed by atoms with van der Waals surface area (Å²) in [6.45, 7) is 12.4. The minimum atomic E-state index is -1.35. The van der Waals surface area contributed by atoms with Crippen LogP contribution in [0.2, 0.25) is 0 Å². The summed E-state index contributed by atoms with van der Waals surface area (Å²) in [5.41, 5.74) is 4.74. The highest BCUT2D eigenvalue weighted by Crippen LogP contribution is 2.49. The molecule has 9 nitrogen and oxygen atoms in total. The van der Waals surface area contributed by atoms with E-state index in [1.54, 1.807) is 25.1 Å². The number of methoxy groups -OCH3 is 1.